The number of hydrogen-bond acceptors (Lipinski definition) is 2. The molecule has 0 aromatic heterocycles. The van der Waals surface area contributed by atoms with Gasteiger partial charge in [-0.05, 0) is 73.3 Å². The van der Waals surface area contributed by atoms with E-state index in [-0.39, 0.29) is 5.54 Å². The van der Waals surface area contributed by atoms with Crippen LogP contribution in [0, 0.1) is 5.92 Å². The molecule has 1 rings (SSSR count). The zero-order valence-corrected chi connectivity index (χ0v) is 13.6. The molecule has 0 saturated heterocycles. The van der Waals surface area contributed by atoms with Crippen LogP contribution in [-0.2, 0) is 6.42 Å². The first-order chi connectivity index (χ1) is 8.31. The minimum absolute atomic E-state index is 0.189. The van der Waals surface area contributed by atoms with Crippen LogP contribution in [0.3, 0.4) is 0 Å². The van der Waals surface area contributed by atoms with E-state index in [2.05, 4.69) is 61.1 Å². The minimum atomic E-state index is 0.189. The van der Waals surface area contributed by atoms with E-state index in [1.807, 2.05) is 6.07 Å². The molecule has 1 N–H and O–H groups in total. The normalized spacial score (nSPS) is 13.4. The summed E-state index contributed by atoms with van der Waals surface area (Å²) < 4.78 is 6.26. The lowest BCUT2D eigenvalue weighted by Gasteiger charge is -2.23. The molecular weight excluding hydrogens is 290 g/mol. The summed E-state index contributed by atoms with van der Waals surface area (Å²) in [5.74, 6) is 1.50. The fraction of sp³-hybridized carbons (Fsp3) is 0.600. The average Bonchev–Trinajstić information content (AvgIpc) is 2.26. The highest BCUT2D eigenvalue weighted by Crippen LogP contribution is 2.26. The van der Waals surface area contributed by atoms with Crippen LogP contribution in [0.15, 0.2) is 22.7 Å². The van der Waals surface area contributed by atoms with Crippen LogP contribution in [0.5, 0.6) is 5.75 Å². The van der Waals surface area contributed by atoms with Crippen molar-refractivity contribution < 1.29 is 4.74 Å². The van der Waals surface area contributed by atoms with Gasteiger partial charge in [0, 0.05) is 5.54 Å². The van der Waals surface area contributed by atoms with Gasteiger partial charge in [-0.1, -0.05) is 13.0 Å². The zero-order valence-electron chi connectivity index (χ0n) is 12.0. The molecule has 1 aromatic rings. The van der Waals surface area contributed by atoms with Crippen molar-refractivity contribution in [3.05, 3.63) is 28.2 Å². The molecule has 0 fully saturated rings. The van der Waals surface area contributed by atoms with Crippen molar-refractivity contribution in [1.82, 2.24) is 5.32 Å². The average molecular weight is 314 g/mol. The fourth-order valence-corrected chi connectivity index (χ4v) is 2.38. The van der Waals surface area contributed by atoms with E-state index in [0.717, 1.165) is 23.2 Å². The van der Waals surface area contributed by atoms with Crippen molar-refractivity contribution in [3.8, 4) is 5.75 Å². The minimum Gasteiger partial charge on any atom is -0.496 e. The highest BCUT2D eigenvalue weighted by molar-refractivity contribution is 9.10. The Kier molecular flexibility index (Phi) is 5.67. The van der Waals surface area contributed by atoms with Gasteiger partial charge < -0.3 is 10.1 Å². The molecule has 0 saturated carbocycles. The molecule has 3 heteroatoms. The van der Waals surface area contributed by atoms with Crippen molar-refractivity contribution >= 4 is 15.9 Å². The summed E-state index contributed by atoms with van der Waals surface area (Å²) in [6, 6.07) is 6.30. The van der Waals surface area contributed by atoms with Gasteiger partial charge in [-0.3, -0.25) is 0 Å². The Balaban J connectivity index is 2.54. The maximum absolute atomic E-state index is 5.24. The number of halogens is 1. The summed E-state index contributed by atoms with van der Waals surface area (Å²) in [6.07, 6.45) is 1.08. The third-order valence-corrected chi connectivity index (χ3v) is 3.40. The molecule has 0 aliphatic heterocycles. The molecule has 0 aliphatic carbocycles. The Morgan fingerprint density at radius 1 is 1.33 bits per heavy atom. The summed E-state index contributed by atoms with van der Waals surface area (Å²) in [5.41, 5.74) is 1.53. The van der Waals surface area contributed by atoms with Gasteiger partial charge in [0.15, 0.2) is 0 Å². The highest BCUT2D eigenvalue weighted by atomic mass is 79.9. The first kappa shape index (κ1) is 15.5. The number of nitrogens with one attached hydrogen (secondary N) is 1. The van der Waals surface area contributed by atoms with E-state index in [1.54, 1.807) is 7.11 Å². The summed E-state index contributed by atoms with van der Waals surface area (Å²) in [6.45, 7) is 9.90. The number of rotatable bonds is 5. The third kappa shape index (κ3) is 5.40. The first-order valence-electron chi connectivity index (χ1n) is 6.39. The molecule has 0 bridgehead atoms. The number of benzene rings is 1. The smallest absolute Gasteiger partial charge is 0.133 e. The third-order valence-electron chi connectivity index (χ3n) is 2.78. The van der Waals surface area contributed by atoms with Crippen LogP contribution in [-0.4, -0.2) is 19.2 Å². The second kappa shape index (κ2) is 6.58. The predicted molar refractivity (Wildman–Crippen MR) is 81.3 cm³/mol. The van der Waals surface area contributed by atoms with Crippen molar-refractivity contribution in [2.75, 3.05) is 13.7 Å². The maximum atomic E-state index is 5.24. The van der Waals surface area contributed by atoms with Gasteiger partial charge in [-0.25, -0.2) is 0 Å². The quantitative estimate of drug-likeness (QED) is 0.886. The zero-order chi connectivity index (χ0) is 13.8. The van der Waals surface area contributed by atoms with Crippen LogP contribution in [0.2, 0.25) is 0 Å². The molecule has 1 aromatic carbocycles. The van der Waals surface area contributed by atoms with Crippen molar-refractivity contribution in [3.63, 3.8) is 0 Å². The second-order valence-electron chi connectivity index (χ2n) is 5.91. The lowest BCUT2D eigenvalue weighted by Crippen LogP contribution is -2.39. The Labute approximate surface area is 119 Å². The molecule has 2 nitrogen and oxygen atoms in total. The fourth-order valence-electron chi connectivity index (χ4n) is 1.79. The van der Waals surface area contributed by atoms with E-state index < -0.39 is 0 Å². The monoisotopic (exact) mass is 313 g/mol. The summed E-state index contributed by atoms with van der Waals surface area (Å²) in [4.78, 5) is 0. The van der Waals surface area contributed by atoms with Crippen LogP contribution in [0.1, 0.15) is 33.3 Å². The second-order valence-corrected chi connectivity index (χ2v) is 6.76. The largest absolute Gasteiger partial charge is 0.496 e. The Morgan fingerprint density at radius 2 is 2.00 bits per heavy atom. The van der Waals surface area contributed by atoms with E-state index in [4.69, 9.17) is 4.74 Å². The van der Waals surface area contributed by atoms with Gasteiger partial charge >= 0.3 is 0 Å². The lowest BCUT2D eigenvalue weighted by molar-refractivity contribution is 0.381. The summed E-state index contributed by atoms with van der Waals surface area (Å²) >= 11 is 3.53. The molecule has 18 heavy (non-hydrogen) atoms. The van der Waals surface area contributed by atoms with Crippen molar-refractivity contribution in [2.45, 2.75) is 39.7 Å². The number of hydrogen-bond donors (Lipinski definition) is 1. The lowest BCUT2D eigenvalue weighted by atomic mass is 9.99. The van der Waals surface area contributed by atoms with Crippen LogP contribution >= 0.6 is 15.9 Å². The maximum Gasteiger partial charge on any atom is 0.133 e. The molecule has 0 amide bonds. The van der Waals surface area contributed by atoms with E-state index in [9.17, 15) is 0 Å². The van der Waals surface area contributed by atoms with Gasteiger partial charge in [0.05, 0.1) is 11.6 Å². The van der Waals surface area contributed by atoms with Gasteiger partial charge in [0.25, 0.3) is 0 Å². The highest BCUT2D eigenvalue weighted by Gasteiger charge is 2.12. The molecule has 102 valence electrons. The molecular formula is C15H24BrNO. The van der Waals surface area contributed by atoms with Gasteiger partial charge in [0.2, 0.25) is 0 Å². The predicted octanol–water partition coefficient (Wildman–Crippen LogP) is 4.02. The number of methoxy groups -OCH3 is 1. The Hall–Kier alpha value is -0.540. The summed E-state index contributed by atoms with van der Waals surface area (Å²) in [5, 5.41) is 3.54. The Morgan fingerprint density at radius 3 is 2.50 bits per heavy atom. The van der Waals surface area contributed by atoms with E-state index in [0.29, 0.717) is 5.92 Å². The van der Waals surface area contributed by atoms with Crippen LogP contribution in [0.25, 0.3) is 0 Å². The molecule has 1 unspecified atom stereocenters. The van der Waals surface area contributed by atoms with Crippen LogP contribution in [0.4, 0.5) is 0 Å². The van der Waals surface area contributed by atoms with Crippen LogP contribution < -0.4 is 10.1 Å². The van der Waals surface area contributed by atoms with Gasteiger partial charge in [-0.2, -0.15) is 0 Å². The topological polar surface area (TPSA) is 21.3 Å². The van der Waals surface area contributed by atoms with E-state index in [1.165, 1.54) is 5.56 Å². The molecule has 1 atom stereocenters. The molecule has 0 radical (unpaired) electrons. The van der Waals surface area contributed by atoms with E-state index >= 15 is 0 Å². The standard InChI is InChI=1S/C15H24BrNO/c1-11(10-17-15(2,3)4)8-12-6-7-14(18-5)13(16)9-12/h6-7,9,11,17H,8,10H2,1-5H3. The van der Waals surface area contributed by atoms with Crippen molar-refractivity contribution in [1.29, 1.82) is 0 Å². The van der Waals surface area contributed by atoms with Gasteiger partial charge in [0.1, 0.15) is 5.75 Å². The molecule has 0 aliphatic rings. The molecule has 0 spiro atoms. The SMILES string of the molecule is COc1ccc(CC(C)CNC(C)(C)C)cc1Br. The summed E-state index contributed by atoms with van der Waals surface area (Å²) in [7, 11) is 1.69. The Bertz CT molecular complexity index is 385. The molecule has 0 heterocycles. The first-order valence-corrected chi connectivity index (χ1v) is 7.18. The van der Waals surface area contributed by atoms with Gasteiger partial charge in [-0.15, -0.1) is 0 Å². The van der Waals surface area contributed by atoms with Crippen molar-refractivity contribution in [2.24, 2.45) is 5.92 Å². The number of ether oxygens (including phenoxy) is 1.